The Kier molecular flexibility index (Phi) is 3.64. The van der Waals surface area contributed by atoms with Crippen molar-refractivity contribution in [2.75, 3.05) is 24.4 Å². The molecule has 2 unspecified atom stereocenters. The molecule has 5 heteroatoms. The Balaban J connectivity index is 2.28. The summed E-state index contributed by atoms with van der Waals surface area (Å²) in [6.07, 6.45) is 1.22. The molecule has 4 nitrogen and oxygen atoms in total. The van der Waals surface area contributed by atoms with E-state index in [4.69, 9.17) is 4.74 Å². The summed E-state index contributed by atoms with van der Waals surface area (Å²) in [6, 6.07) is 7.68. The van der Waals surface area contributed by atoms with E-state index in [0.717, 1.165) is 5.69 Å². The van der Waals surface area contributed by atoms with Crippen molar-refractivity contribution >= 4 is 15.5 Å². The Labute approximate surface area is 108 Å². The molecule has 0 amide bonds. The summed E-state index contributed by atoms with van der Waals surface area (Å²) in [7, 11) is -3.12. The molecule has 0 aromatic heterocycles. The quantitative estimate of drug-likeness (QED) is 0.820. The van der Waals surface area contributed by atoms with Crippen molar-refractivity contribution in [3.63, 3.8) is 0 Å². The number of hydrogen-bond donors (Lipinski definition) is 0. The van der Waals surface area contributed by atoms with Crippen molar-refractivity contribution in [1.82, 2.24) is 0 Å². The van der Waals surface area contributed by atoms with Gasteiger partial charge in [0.05, 0.1) is 18.1 Å². The zero-order valence-electron chi connectivity index (χ0n) is 11.0. The summed E-state index contributed by atoms with van der Waals surface area (Å²) in [5, 5.41) is 0. The van der Waals surface area contributed by atoms with Gasteiger partial charge in [-0.3, -0.25) is 0 Å². The topological polar surface area (TPSA) is 46.6 Å². The molecule has 2 atom stereocenters. The summed E-state index contributed by atoms with van der Waals surface area (Å²) in [5.41, 5.74) is 1.05. The van der Waals surface area contributed by atoms with E-state index in [1.807, 2.05) is 12.1 Å². The number of sulfone groups is 1. The van der Waals surface area contributed by atoms with Crippen LogP contribution in [0, 0.1) is 0 Å². The van der Waals surface area contributed by atoms with Gasteiger partial charge in [-0.05, 0) is 38.1 Å². The molecule has 0 N–H and O–H groups in total. The van der Waals surface area contributed by atoms with Crippen LogP contribution in [-0.2, 0) is 14.6 Å². The number of rotatable bonds is 2. The van der Waals surface area contributed by atoms with Gasteiger partial charge in [-0.1, -0.05) is 0 Å². The maximum atomic E-state index is 11.4. The fraction of sp³-hybridized carbons (Fsp3) is 0.538. The first-order chi connectivity index (χ1) is 8.39. The number of morpholine rings is 1. The number of anilines is 1. The molecule has 1 saturated heterocycles. The second-order valence-electron chi connectivity index (χ2n) is 4.91. The highest BCUT2D eigenvalue weighted by Gasteiger charge is 2.25. The van der Waals surface area contributed by atoms with E-state index in [1.165, 1.54) is 6.26 Å². The molecule has 2 rings (SSSR count). The first kappa shape index (κ1) is 13.4. The fourth-order valence-electron chi connectivity index (χ4n) is 2.38. The Morgan fingerprint density at radius 3 is 2.06 bits per heavy atom. The van der Waals surface area contributed by atoms with E-state index in [1.54, 1.807) is 12.1 Å². The third-order valence-electron chi connectivity index (χ3n) is 3.23. The van der Waals surface area contributed by atoms with Crippen molar-refractivity contribution < 1.29 is 13.2 Å². The van der Waals surface area contributed by atoms with E-state index in [0.29, 0.717) is 30.2 Å². The average molecular weight is 269 g/mol. The number of nitrogens with zero attached hydrogens (tertiary/aromatic N) is 1. The normalized spacial score (nSPS) is 25.2. The molecule has 0 spiro atoms. The SMILES string of the molecule is CC1COCC(C)N1c1ccc(S(C)(=O)=O)cc1. The minimum absolute atomic E-state index is 0.304. The highest BCUT2D eigenvalue weighted by atomic mass is 32.2. The van der Waals surface area contributed by atoms with Gasteiger partial charge in [0.1, 0.15) is 0 Å². The van der Waals surface area contributed by atoms with Crippen LogP contribution in [-0.4, -0.2) is 40.0 Å². The zero-order valence-corrected chi connectivity index (χ0v) is 11.8. The van der Waals surface area contributed by atoms with E-state index in [9.17, 15) is 8.42 Å². The van der Waals surface area contributed by atoms with E-state index in [-0.39, 0.29) is 0 Å². The number of benzene rings is 1. The molecule has 1 aromatic carbocycles. The lowest BCUT2D eigenvalue weighted by molar-refractivity contribution is 0.0757. The molecule has 1 heterocycles. The molecule has 0 bridgehead atoms. The molecular weight excluding hydrogens is 250 g/mol. The summed E-state index contributed by atoms with van der Waals surface area (Å²) in [4.78, 5) is 2.63. The molecule has 18 heavy (non-hydrogen) atoms. The van der Waals surface area contributed by atoms with Crippen molar-refractivity contribution in [3.05, 3.63) is 24.3 Å². The smallest absolute Gasteiger partial charge is 0.175 e. The van der Waals surface area contributed by atoms with Crippen LogP contribution in [0.15, 0.2) is 29.2 Å². The van der Waals surface area contributed by atoms with Crippen LogP contribution < -0.4 is 4.90 Å². The molecule has 100 valence electrons. The molecule has 0 saturated carbocycles. The Morgan fingerprint density at radius 1 is 1.11 bits per heavy atom. The van der Waals surface area contributed by atoms with Crippen LogP contribution in [0.4, 0.5) is 5.69 Å². The summed E-state index contributed by atoms with van der Waals surface area (Å²) in [5.74, 6) is 0. The van der Waals surface area contributed by atoms with Crippen LogP contribution in [0.2, 0.25) is 0 Å². The lowest BCUT2D eigenvalue weighted by atomic mass is 10.1. The van der Waals surface area contributed by atoms with E-state index >= 15 is 0 Å². The van der Waals surface area contributed by atoms with Gasteiger partial charge in [0.15, 0.2) is 9.84 Å². The molecule has 1 aliphatic rings. The van der Waals surface area contributed by atoms with Gasteiger partial charge in [0.2, 0.25) is 0 Å². The van der Waals surface area contributed by atoms with Gasteiger partial charge in [-0.15, -0.1) is 0 Å². The van der Waals surface area contributed by atoms with Gasteiger partial charge in [-0.25, -0.2) is 8.42 Å². The lowest BCUT2D eigenvalue weighted by Crippen LogP contribution is -2.49. The number of hydrogen-bond acceptors (Lipinski definition) is 4. The van der Waals surface area contributed by atoms with Gasteiger partial charge in [0.25, 0.3) is 0 Å². The summed E-state index contributed by atoms with van der Waals surface area (Å²) >= 11 is 0. The van der Waals surface area contributed by atoms with Gasteiger partial charge >= 0.3 is 0 Å². The summed E-state index contributed by atoms with van der Waals surface area (Å²) < 4.78 is 28.3. The maximum Gasteiger partial charge on any atom is 0.175 e. The maximum absolute atomic E-state index is 11.4. The highest BCUT2D eigenvalue weighted by Crippen LogP contribution is 2.24. The second-order valence-corrected chi connectivity index (χ2v) is 6.92. The van der Waals surface area contributed by atoms with Crippen LogP contribution in [0.5, 0.6) is 0 Å². The summed E-state index contributed by atoms with van der Waals surface area (Å²) in [6.45, 7) is 5.64. The van der Waals surface area contributed by atoms with Crippen molar-refractivity contribution in [1.29, 1.82) is 0 Å². The molecule has 1 aliphatic heterocycles. The first-order valence-electron chi connectivity index (χ1n) is 6.06. The predicted octanol–water partition coefficient (Wildman–Crippen LogP) is 1.70. The van der Waals surface area contributed by atoms with Gasteiger partial charge in [-0.2, -0.15) is 0 Å². The zero-order chi connectivity index (χ0) is 13.3. The highest BCUT2D eigenvalue weighted by molar-refractivity contribution is 7.90. The molecule has 0 aliphatic carbocycles. The van der Waals surface area contributed by atoms with Crippen LogP contribution >= 0.6 is 0 Å². The number of ether oxygens (including phenoxy) is 1. The van der Waals surface area contributed by atoms with Crippen LogP contribution in [0.1, 0.15) is 13.8 Å². The van der Waals surface area contributed by atoms with Crippen molar-refractivity contribution in [2.45, 2.75) is 30.8 Å². The average Bonchev–Trinajstić information content (AvgIpc) is 2.28. The molecule has 1 aromatic rings. The largest absolute Gasteiger partial charge is 0.377 e. The fourth-order valence-corrected chi connectivity index (χ4v) is 3.01. The van der Waals surface area contributed by atoms with Crippen LogP contribution in [0.3, 0.4) is 0 Å². The standard InChI is InChI=1S/C13H19NO3S/c1-10-8-17-9-11(2)14(10)12-4-6-13(7-5-12)18(3,15)16/h4-7,10-11H,8-9H2,1-3H3. The first-order valence-corrected chi connectivity index (χ1v) is 7.95. The minimum Gasteiger partial charge on any atom is -0.377 e. The van der Waals surface area contributed by atoms with E-state index in [2.05, 4.69) is 18.7 Å². The lowest BCUT2D eigenvalue weighted by Gasteiger charge is -2.40. The van der Waals surface area contributed by atoms with E-state index < -0.39 is 9.84 Å². The van der Waals surface area contributed by atoms with Crippen LogP contribution in [0.25, 0.3) is 0 Å². The van der Waals surface area contributed by atoms with Crippen molar-refractivity contribution in [2.24, 2.45) is 0 Å². The molecule has 0 radical (unpaired) electrons. The molecule has 1 fully saturated rings. The predicted molar refractivity (Wildman–Crippen MR) is 71.8 cm³/mol. The van der Waals surface area contributed by atoms with Crippen molar-refractivity contribution in [3.8, 4) is 0 Å². The second kappa shape index (κ2) is 4.90. The van der Waals surface area contributed by atoms with Gasteiger partial charge in [0, 0.05) is 24.0 Å². The Hall–Kier alpha value is -1.07. The third-order valence-corrected chi connectivity index (χ3v) is 4.36. The Morgan fingerprint density at radius 2 is 1.61 bits per heavy atom. The third kappa shape index (κ3) is 2.67. The monoisotopic (exact) mass is 269 g/mol. The molecular formula is C13H19NO3S. The minimum atomic E-state index is -3.12. The Bertz CT molecular complexity index is 500. The van der Waals surface area contributed by atoms with Gasteiger partial charge < -0.3 is 9.64 Å².